The zero-order valence-electron chi connectivity index (χ0n) is 35.1. The number of ether oxygens (including phenoxy) is 8. The molecule has 0 N–H and O–H groups in total. The number of hydrogen-bond acceptors (Lipinski definition) is 12. The lowest BCUT2D eigenvalue weighted by atomic mass is 9.79. The molecule has 16 heteroatoms. The van der Waals surface area contributed by atoms with E-state index in [1.165, 1.54) is 0 Å². The maximum absolute atomic E-state index is 13.9. The second-order valence-corrected chi connectivity index (χ2v) is 23.4. The lowest BCUT2D eigenvalue weighted by Crippen LogP contribution is -2.48. The molecule has 12 nitrogen and oxygen atoms in total. The van der Waals surface area contributed by atoms with Gasteiger partial charge in [0.05, 0.1) is 48.8 Å². The normalized spacial score (nSPS) is 47.7. The summed E-state index contributed by atoms with van der Waals surface area (Å²) in [6.45, 7) is 0. The minimum absolute atomic E-state index is 0.0464. The fourth-order valence-electron chi connectivity index (χ4n) is 11.0. The molecule has 328 valence electrons. The zero-order chi connectivity index (χ0) is 40.5. The van der Waals surface area contributed by atoms with Gasteiger partial charge in [0.25, 0.3) is 0 Å². The van der Waals surface area contributed by atoms with E-state index < -0.39 is 43.2 Å². The van der Waals surface area contributed by atoms with Crippen LogP contribution >= 0.6 is 0 Å². The van der Waals surface area contributed by atoms with Crippen molar-refractivity contribution >= 4 is 43.2 Å². The summed E-state index contributed by atoms with van der Waals surface area (Å²) in [5, 5.41) is 0. The highest BCUT2D eigenvalue weighted by atomic mass is 32.2. The van der Waals surface area contributed by atoms with Gasteiger partial charge in [-0.3, -0.25) is 16.8 Å². The Labute approximate surface area is 346 Å². The van der Waals surface area contributed by atoms with Crippen LogP contribution < -0.4 is 0 Å². The van der Waals surface area contributed by atoms with Crippen LogP contribution in [0.4, 0.5) is 0 Å². The molecule has 14 fully saturated rings. The van der Waals surface area contributed by atoms with E-state index in [1.807, 2.05) is 0 Å². The average molecular weight is 873 g/mol. The average Bonchev–Trinajstić information content (AvgIpc) is 3.18. The monoisotopic (exact) mass is 872 g/mol. The van der Waals surface area contributed by atoms with Gasteiger partial charge in [-0.1, -0.05) is 0 Å². The van der Waals surface area contributed by atoms with Gasteiger partial charge >= 0.3 is 0 Å². The zero-order valence-corrected chi connectivity index (χ0v) is 38.3. The van der Waals surface area contributed by atoms with E-state index in [0.29, 0.717) is 97.4 Å². The summed E-state index contributed by atoms with van der Waals surface area (Å²) in [6.07, 6.45) is 4.70. The van der Waals surface area contributed by atoms with Crippen molar-refractivity contribution in [3.63, 3.8) is 0 Å². The molecule has 14 rings (SSSR count). The first-order valence-corrected chi connectivity index (χ1v) is 26.5. The molecule has 56 heavy (non-hydrogen) atoms. The van der Waals surface area contributed by atoms with Gasteiger partial charge in [0.1, 0.15) is 0 Å². The molecule has 4 saturated carbocycles. The van der Waals surface area contributed by atoms with Crippen molar-refractivity contribution in [1.29, 1.82) is 0 Å². The van der Waals surface area contributed by atoms with Gasteiger partial charge in [-0.25, -0.2) is 0 Å². The van der Waals surface area contributed by atoms with Crippen molar-refractivity contribution in [3.05, 3.63) is 0 Å². The number of hydrogen-bond donors (Lipinski definition) is 0. The minimum Gasteiger partial charge on any atom is -0.381 e. The molecule has 10 saturated heterocycles. The Kier molecular flexibility index (Phi) is 19.4. The van der Waals surface area contributed by atoms with Gasteiger partial charge in [0.2, 0.25) is 0 Å². The summed E-state index contributed by atoms with van der Waals surface area (Å²) in [7, 11) is 9.21. The van der Waals surface area contributed by atoms with Crippen LogP contribution in [0.2, 0.25) is 0 Å². The molecule has 0 spiro atoms. The van der Waals surface area contributed by atoms with Crippen molar-refractivity contribution in [2.24, 2.45) is 47.3 Å². The van der Waals surface area contributed by atoms with Crippen molar-refractivity contribution in [1.82, 2.24) is 0 Å². The summed E-state index contributed by atoms with van der Waals surface area (Å²) in [4.78, 5) is 0. The Balaban J connectivity index is 1.38. The predicted molar refractivity (Wildman–Crippen MR) is 223 cm³/mol. The largest absolute Gasteiger partial charge is 0.381 e. The van der Waals surface area contributed by atoms with Crippen LogP contribution in [-0.2, 0) is 81.1 Å². The topological polar surface area (TPSA) is 142 Å². The van der Waals surface area contributed by atoms with E-state index in [2.05, 4.69) is 0 Å². The van der Waals surface area contributed by atoms with Crippen LogP contribution in [0.5, 0.6) is 0 Å². The Hall–Kier alpha value is 0.280. The van der Waals surface area contributed by atoms with Crippen LogP contribution in [0.3, 0.4) is 0 Å². The summed E-state index contributed by atoms with van der Waals surface area (Å²) < 4.78 is 104. The third-order valence-corrected chi connectivity index (χ3v) is 20.5. The second kappa shape index (κ2) is 22.9. The van der Waals surface area contributed by atoms with Crippen LogP contribution in [-0.4, -0.2) is 169 Å². The first-order chi connectivity index (χ1) is 27.0. The van der Waals surface area contributed by atoms with Crippen LogP contribution in [0.25, 0.3) is 0 Å². The van der Waals surface area contributed by atoms with E-state index in [4.69, 9.17) is 37.9 Å². The Bertz CT molecular complexity index is 1030. The molecule has 8 unspecified atom stereocenters. The number of rotatable bonds is 8. The maximum atomic E-state index is 13.9. The van der Waals surface area contributed by atoms with Gasteiger partial charge in [-0.2, -0.15) is 0 Å². The Morgan fingerprint density at radius 3 is 0.446 bits per heavy atom. The molecule has 14 aliphatic rings. The van der Waals surface area contributed by atoms with Crippen LogP contribution in [0, 0.1) is 47.3 Å². The first-order valence-electron chi connectivity index (χ1n) is 20.6. The van der Waals surface area contributed by atoms with Crippen LogP contribution in [0.15, 0.2) is 0 Å². The van der Waals surface area contributed by atoms with Gasteiger partial charge in [0, 0.05) is 146 Å². The summed E-state index contributed by atoms with van der Waals surface area (Å²) in [6, 6.07) is 0. The fraction of sp³-hybridized carbons (Fsp3) is 1.00. The lowest BCUT2D eigenvalue weighted by Gasteiger charge is -2.43. The molecule has 10 aliphatic heterocycles. The maximum Gasteiger partial charge on any atom is 0.0613 e. The Morgan fingerprint density at radius 1 is 0.250 bits per heavy atom. The van der Waals surface area contributed by atoms with Gasteiger partial charge < -0.3 is 37.9 Å². The lowest BCUT2D eigenvalue weighted by molar-refractivity contribution is -0.0586. The van der Waals surface area contributed by atoms with Crippen molar-refractivity contribution in [2.75, 3.05) is 103 Å². The Morgan fingerprint density at radius 2 is 0.357 bits per heavy atom. The van der Waals surface area contributed by atoms with E-state index in [-0.39, 0.29) is 96.2 Å². The summed E-state index contributed by atoms with van der Waals surface area (Å²) in [5.74, 6) is 4.37. The van der Waals surface area contributed by atoms with E-state index >= 15 is 0 Å². The number of methoxy groups -OCH3 is 8. The predicted octanol–water partition coefficient (Wildman–Crippen LogP) is 3.22. The molecule has 0 aromatic heterocycles. The van der Waals surface area contributed by atoms with E-state index in [9.17, 15) is 16.8 Å². The summed E-state index contributed by atoms with van der Waals surface area (Å²) >= 11 is 0. The van der Waals surface area contributed by atoms with Gasteiger partial charge in [-0.05, 0) is 98.7 Å². The quantitative estimate of drug-likeness (QED) is 0.354. The van der Waals surface area contributed by atoms with Crippen molar-refractivity contribution in [3.8, 4) is 0 Å². The summed E-state index contributed by atoms with van der Waals surface area (Å²) in [5.41, 5.74) is 0. The molecule has 16 atom stereocenters. The van der Waals surface area contributed by atoms with E-state index in [1.54, 1.807) is 56.9 Å². The molecule has 0 radical (unpaired) electrons. The fourth-order valence-corrected chi connectivity index (χ4v) is 18.2. The van der Waals surface area contributed by atoms with Crippen molar-refractivity contribution < 1.29 is 54.7 Å². The van der Waals surface area contributed by atoms with Crippen molar-refractivity contribution in [2.45, 2.75) is 100 Å². The van der Waals surface area contributed by atoms with Gasteiger partial charge in [-0.15, -0.1) is 0 Å². The molecular formula is C40H72O12S4. The highest BCUT2D eigenvalue weighted by Crippen LogP contribution is 2.40. The second-order valence-electron chi connectivity index (χ2n) is 17.3. The molecule has 8 bridgehead atoms. The molecule has 4 aliphatic carbocycles. The molecule has 0 amide bonds. The standard InChI is InChI=1S/C40H72O12S4/c1-45-33-9-26-18-54(42)20-28-12-38(50-6)30(14-37(28)49-5)22-56(44)24-32-16-39(51-7)31(15-40(32)52-8)23-55(43)21-29-13-35(47-3)27(11-36(29)48-4)19-53(41)17-25(33)10-34(26)46-2/h25-40H,9-24H2,1-8H3/t25-,26-,27-,28-,29-,30-,31-,32-,33?,34?,35?,36?,37?,38?,39?,40?,53?,54?,55?,56?/m1/s1. The highest BCUT2D eigenvalue weighted by Gasteiger charge is 2.45. The highest BCUT2D eigenvalue weighted by molar-refractivity contribution is 7.85. The first kappa shape index (κ1) is 47.3. The third kappa shape index (κ3) is 12.2. The molecular weight excluding hydrogens is 801 g/mol. The smallest absolute Gasteiger partial charge is 0.0613 e. The minimum atomic E-state index is -1.13. The van der Waals surface area contributed by atoms with E-state index in [0.717, 1.165) is 0 Å². The molecule has 10 heterocycles. The molecule has 0 aromatic carbocycles. The molecule has 0 aromatic rings. The van der Waals surface area contributed by atoms with Crippen LogP contribution in [0.1, 0.15) is 51.4 Å². The third-order valence-electron chi connectivity index (χ3n) is 14.1. The SMILES string of the molecule is COC1C[C@@H]2CS(=O)C[C@H]3CC(OC)[C@H](CC3OC)CS(=O)C[C@H]3CC(OC)[C@H](CC3OC)CS(=O)C[C@H]3CC(OC)[C@H](CC3OC)CS(=O)C[C@H]1CC2OC. The van der Waals surface area contributed by atoms with Gasteiger partial charge in [0.15, 0.2) is 0 Å².